The van der Waals surface area contributed by atoms with Crippen LogP contribution in [0.4, 0.5) is 0 Å². The molecular weight excluding hydrogens is 367 g/mol. The molecule has 1 atom stereocenters. The second-order valence-corrected chi connectivity index (χ2v) is 6.86. The Kier molecular flexibility index (Phi) is 2.93. The zero-order valence-electron chi connectivity index (χ0n) is 11.8. The van der Waals surface area contributed by atoms with Crippen molar-refractivity contribution in [3.8, 4) is 11.1 Å². The molecule has 0 aromatic heterocycles. The topological polar surface area (TPSA) is 0 Å². The highest BCUT2D eigenvalue weighted by molar-refractivity contribution is 14.1. The van der Waals surface area contributed by atoms with Gasteiger partial charge in [-0.2, -0.15) is 0 Å². The Morgan fingerprint density at radius 2 is 1.38 bits per heavy atom. The summed E-state index contributed by atoms with van der Waals surface area (Å²) in [4.78, 5) is 0. The smallest absolute Gasteiger partial charge is 0.0435 e. The molecule has 0 amide bonds. The van der Waals surface area contributed by atoms with Gasteiger partial charge in [-0.25, -0.2) is 0 Å². The summed E-state index contributed by atoms with van der Waals surface area (Å²) >= 11 is 2.46. The van der Waals surface area contributed by atoms with Gasteiger partial charge in [0.25, 0.3) is 0 Å². The van der Waals surface area contributed by atoms with Crippen LogP contribution in [0.2, 0.25) is 0 Å². The third kappa shape index (κ3) is 1.73. The zero-order chi connectivity index (χ0) is 14.4. The van der Waals surface area contributed by atoms with Gasteiger partial charge in [0.15, 0.2) is 0 Å². The van der Waals surface area contributed by atoms with Crippen molar-refractivity contribution < 1.29 is 0 Å². The molecule has 0 fully saturated rings. The molecule has 1 aliphatic carbocycles. The first kappa shape index (κ1) is 13.1. The van der Waals surface area contributed by atoms with Gasteiger partial charge >= 0.3 is 0 Å². The predicted octanol–water partition coefficient (Wildman–Crippen LogP) is 5.63. The maximum absolute atomic E-state index is 2.46. The predicted molar refractivity (Wildman–Crippen MR) is 96.6 cm³/mol. The van der Waals surface area contributed by atoms with Crippen LogP contribution in [-0.2, 0) is 5.41 Å². The van der Waals surface area contributed by atoms with Crippen LogP contribution in [0.25, 0.3) is 11.1 Å². The van der Waals surface area contributed by atoms with Gasteiger partial charge in [0, 0.05) is 8.99 Å². The van der Waals surface area contributed by atoms with Gasteiger partial charge < -0.3 is 0 Å². The highest BCUT2D eigenvalue weighted by Gasteiger charge is 2.41. The van der Waals surface area contributed by atoms with Crippen LogP contribution in [-0.4, -0.2) is 0 Å². The highest BCUT2D eigenvalue weighted by atomic mass is 127. The maximum atomic E-state index is 2.46. The Hall–Kier alpha value is -1.61. The van der Waals surface area contributed by atoms with Crippen LogP contribution in [0.15, 0.2) is 72.8 Å². The molecule has 102 valence electrons. The summed E-state index contributed by atoms with van der Waals surface area (Å²) in [6.07, 6.45) is 0. The second kappa shape index (κ2) is 4.70. The van der Waals surface area contributed by atoms with Gasteiger partial charge in [0.05, 0.1) is 0 Å². The molecule has 3 aromatic carbocycles. The Morgan fingerprint density at radius 1 is 0.714 bits per heavy atom. The number of halogens is 1. The van der Waals surface area contributed by atoms with Gasteiger partial charge in [-0.3, -0.25) is 0 Å². The first-order valence-electron chi connectivity index (χ1n) is 7.17. The molecule has 0 nitrogen and oxygen atoms in total. The normalized spacial score (nSPS) is 19.1. The van der Waals surface area contributed by atoms with Crippen LogP contribution in [0, 0.1) is 3.57 Å². The van der Waals surface area contributed by atoms with E-state index in [-0.39, 0.29) is 5.41 Å². The van der Waals surface area contributed by atoms with E-state index in [0.717, 1.165) is 0 Å². The minimum Gasteiger partial charge on any atom is -0.0622 e. The molecular formula is C20H15I. The number of hydrogen-bond donors (Lipinski definition) is 0. The van der Waals surface area contributed by atoms with Crippen LogP contribution >= 0.6 is 22.6 Å². The SMILES string of the molecule is CC1(c2ccccc2)c2ccccc2-c2c(I)cccc21. The van der Waals surface area contributed by atoms with E-state index in [1.54, 1.807) is 0 Å². The van der Waals surface area contributed by atoms with Crippen molar-refractivity contribution in [1.29, 1.82) is 0 Å². The minimum atomic E-state index is -0.0611. The van der Waals surface area contributed by atoms with E-state index in [2.05, 4.69) is 102 Å². The molecule has 0 saturated carbocycles. The number of fused-ring (bicyclic) bond motifs is 3. The van der Waals surface area contributed by atoms with Crippen molar-refractivity contribution in [2.45, 2.75) is 12.3 Å². The Labute approximate surface area is 139 Å². The van der Waals surface area contributed by atoms with E-state index in [0.29, 0.717) is 0 Å². The fraction of sp³-hybridized carbons (Fsp3) is 0.100. The number of rotatable bonds is 1. The molecule has 0 saturated heterocycles. The molecule has 1 heteroatoms. The fourth-order valence-corrected chi connectivity index (χ4v) is 4.37. The summed E-state index contributed by atoms with van der Waals surface area (Å²) in [5.74, 6) is 0. The van der Waals surface area contributed by atoms with E-state index < -0.39 is 0 Å². The lowest BCUT2D eigenvalue weighted by Crippen LogP contribution is -2.22. The molecule has 3 aromatic rings. The van der Waals surface area contributed by atoms with E-state index in [9.17, 15) is 0 Å². The molecule has 0 N–H and O–H groups in total. The second-order valence-electron chi connectivity index (χ2n) is 5.70. The Bertz CT molecular complexity index is 820. The third-order valence-electron chi connectivity index (χ3n) is 4.64. The van der Waals surface area contributed by atoms with Gasteiger partial charge in [-0.1, -0.05) is 66.7 Å². The van der Waals surface area contributed by atoms with Gasteiger partial charge in [-0.15, -0.1) is 0 Å². The highest BCUT2D eigenvalue weighted by Crippen LogP contribution is 2.53. The van der Waals surface area contributed by atoms with Crippen molar-refractivity contribution >= 4 is 22.6 Å². The molecule has 0 bridgehead atoms. The van der Waals surface area contributed by atoms with Crippen molar-refractivity contribution in [1.82, 2.24) is 0 Å². The molecule has 0 aliphatic heterocycles. The Morgan fingerprint density at radius 3 is 2.19 bits per heavy atom. The van der Waals surface area contributed by atoms with E-state index in [1.165, 1.54) is 31.4 Å². The third-order valence-corrected chi connectivity index (χ3v) is 5.54. The first-order chi connectivity index (χ1) is 10.2. The average Bonchev–Trinajstić information content (AvgIpc) is 2.81. The summed E-state index contributed by atoms with van der Waals surface area (Å²) in [5.41, 5.74) is 6.91. The molecule has 0 heterocycles. The van der Waals surface area contributed by atoms with Gasteiger partial charge in [-0.05, 0) is 63.4 Å². The van der Waals surface area contributed by atoms with E-state index in [1.807, 2.05) is 0 Å². The summed E-state index contributed by atoms with van der Waals surface area (Å²) < 4.78 is 1.33. The zero-order valence-corrected chi connectivity index (χ0v) is 14.0. The monoisotopic (exact) mass is 382 g/mol. The van der Waals surface area contributed by atoms with Crippen LogP contribution in [0.5, 0.6) is 0 Å². The lowest BCUT2D eigenvalue weighted by atomic mass is 9.74. The minimum absolute atomic E-state index is 0.0611. The molecule has 1 aliphatic rings. The number of benzene rings is 3. The standard InChI is InChI=1S/C20H15I/c1-20(14-8-3-2-4-9-14)16-11-6-5-10-15(16)19-17(20)12-7-13-18(19)21/h2-13H,1H3. The van der Waals surface area contributed by atoms with Crippen molar-refractivity contribution in [3.63, 3.8) is 0 Å². The molecule has 1 unspecified atom stereocenters. The molecule has 0 spiro atoms. The van der Waals surface area contributed by atoms with Crippen molar-refractivity contribution in [2.75, 3.05) is 0 Å². The van der Waals surface area contributed by atoms with Crippen molar-refractivity contribution in [3.05, 3.63) is 93.1 Å². The lowest BCUT2D eigenvalue weighted by molar-refractivity contribution is 0.713. The van der Waals surface area contributed by atoms with Gasteiger partial charge in [0.1, 0.15) is 0 Å². The molecule has 21 heavy (non-hydrogen) atoms. The van der Waals surface area contributed by atoms with E-state index >= 15 is 0 Å². The summed E-state index contributed by atoms with van der Waals surface area (Å²) in [6.45, 7) is 2.35. The summed E-state index contributed by atoms with van der Waals surface area (Å²) in [6, 6.07) is 26.3. The summed E-state index contributed by atoms with van der Waals surface area (Å²) in [5, 5.41) is 0. The quantitative estimate of drug-likeness (QED) is 0.479. The van der Waals surface area contributed by atoms with Crippen LogP contribution < -0.4 is 0 Å². The maximum Gasteiger partial charge on any atom is 0.0435 e. The van der Waals surface area contributed by atoms with Crippen LogP contribution in [0.1, 0.15) is 23.6 Å². The Balaban J connectivity index is 2.13. The first-order valence-corrected chi connectivity index (χ1v) is 8.25. The fourth-order valence-electron chi connectivity index (χ4n) is 3.58. The average molecular weight is 382 g/mol. The lowest BCUT2D eigenvalue weighted by Gasteiger charge is -2.28. The largest absolute Gasteiger partial charge is 0.0622 e. The number of hydrogen-bond acceptors (Lipinski definition) is 0. The van der Waals surface area contributed by atoms with Crippen LogP contribution in [0.3, 0.4) is 0 Å². The summed E-state index contributed by atoms with van der Waals surface area (Å²) in [7, 11) is 0. The molecule has 0 radical (unpaired) electrons. The molecule has 4 rings (SSSR count). The van der Waals surface area contributed by atoms with Gasteiger partial charge in [0.2, 0.25) is 0 Å². The van der Waals surface area contributed by atoms with Crippen molar-refractivity contribution in [2.24, 2.45) is 0 Å². The van der Waals surface area contributed by atoms with E-state index in [4.69, 9.17) is 0 Å².